The molecule has 144 valence electrons. The van der Waals surface area contributed by atoms with Crippen LogP contribution in [0.3, 0.4) is 0 Å². The number of aliphatic carboxylic acids is 1. The largest absolute Gasteiger partial charge is 0.473 e. The van der Waals surface area contributed by atoms with Crippen LogP contribution in [0.25, 0.3) is 0 Å². The topological polar surface area (TPSA) is 106 Å². The monoisotopic (exact) mass is 374 g/mol. The predicted octanol–water partition coefficient (Wildman–Crippen LogP) is 1.43. The molecule has 27 heavy (non-hydrogen) atoms. The molecule has 2 rings (SSSR count). The van der Waals surface area contributed by atoms with Gasteiger partial charge in [0.1, 0.15) is 0 Å². The molecule has 2 aromatic rings. The zero-order valence-electron chi connectivity index (χ0n) is 14.7. The maximum absolute atomic E-state index is 10.9. The highest BCUT2D eigenvalue weighted by molar-refractivity contribution is 6.28. The van der Waals surface area contributed by atoms with Gasteiger partial charge in [-0.05, 0) is 11.1 Å². The molecule has 0 atom stereocenters. The minimum Gasteiger partial charge on any atom is -0.473 e. The minimum atomic E-state index is -1.69. The standard InChI is InChI=1S/C19H22N2O6/c22-18(23)19(24)27-21-20-17(13-25-11-15-7-3-1-4-8-15)14-26-12-16-9-5-2-6-10-16/h1-10,17,20-21H,11-14H2,(H,22,23). The maximum atomic E-state index is 10.9. The molecule has 0 bridgehead atoms. The Morgan fingerprint density at radius 3 is 1.78 bits per heavy atom. The van der Waals surface area contributed by atoms with Crippen LogP contribution < -0.4 is 11.0 Å². The second kappa shape index (κ2) is 11.8. The van der Waals surface area contributed by atoms with Gasteiger partial charge in [0.2, 0.25) is 0 Å². The number of hydrazine groups is 1. The lowest BCUT2D eigenvalue weighted by atomic mass is 10.2. The van der Waals surface area contributed by atoms with Crippen molar-refractivity contribution < 1.29 is 29.0 Å². The summed E-state index contributed by atoms with van der Waals surface area (Å²) in [6.45, 7) is 1.32. The van der Waals surface area contributed by atoms with Crippen LogP contribution in [0.1, 0.15) is 11.1 Å². The van der Waals surface area contributed by atoms with Gasteiger partial charge in [0.15, 0.2) is 0 Å². The van der Waals surface area contributed by atoms with Gasteiger partial charge in [-0.25, -0.2) is 15.0 Å². The van der Waals surface area contributed by atoms with Gasteiger partial charge < -0.3 is 19.4 Å². The summed E-state index contributed by atoms with van der Waals surface area (Å²) in [5.41, 5.74) is 6.84. The second-order valence-electron chi connectivity index (χ2n) is 5.64. The van der Waals surface area contributed by atoms with Crippen molar-refractivity contribution in [2.24, 2.45) is 0 Å². The molecule has 0 aliphatic rings. The number of hydrogen-bond acceptors (Lipinski definition) is 7. The Bertz CT molecular complexity index is 650. The average molecular weight is 374 g/mol. The Labute approximate surface area is 157 Å². The molecule has 8 nitrogen and oxygen atoms in total. The first-order valence-electron chi connectivity index (χ1n) is 8.33. The molecule has 0 aliphatic carbocycles. The third-order valence-electron chi connectivity index (χ3n) is 3.44. The van der Waals surface area contributed by atoms with E-state index in [1.54, 1.807) is 0 Å². The van der Waals surface area contributed by atoms with E-state index < -0.39 is 11.9 Å². The summed E-state index contributed by atoms with van der Waals surface area (Å²) in [7, 11) is 0. The van der Waals surface area contributed by atoms with Crippen molar-refractivity contribution in [3.8, 4) is 0 Å². The molecule has 0 aliphatic heterocycles. The van der Waals surface area contributed by atoms with Crippen LogP contribution in [0.4, 0.5) is 0 Å². The van der Waals surface area contributed by atoms with Crippen LogP contribution >= 0.6 is 0 Å². The SMILES string of the molecule is O=C(O)C(=O)ONNC(COCc1ccccc1)COCc1ccccc1. The van der Waals surface area contributed by atoms with Crippen molar-refractivity contribution in [3.05, 3.63) is 71.8 Å². The third-order valence-corrected chi connectivity index (χ3v) is 3.44. The number of hydrogen-bond donors (Lipinski definition) is 3. The second-order valence-corrected chi connectivity index (χ2v) is 5.64. The van der Waals surface area contributed by atoms with Crippen LogP contribution in [-0.2, 0) is 37.1 Å². The van der Waals surface area contributed by atoms with Gasteiger partial charge in [-0.2, -0.15) is 0 Å². The quantitative estimate of drug-likeness (QED) is 0.401. The van der Waals surface area contributed by atoms with Crippen molar-refractivity contribution in [1.29, 1.82) is 0 Å². The van der Waals surface area contributed by atoms with E-state index in [0.29, 0.717) is 13.2 Å². The van der Waals surface area contributed by atoms with Gasteiger partial charge in [0, 0.05) is 0 Å². The molecule has 0 saturated carbocycles. The molecular formula is C19H22N2O6. The Kier molecular flexibility index (Phi) is 8.94. The molecule has 0 unspecified atom stereocenters. The highest BCUT2D eigenvalue weighted by Crippen LogP contribution is 2.03. The van der Waals surface area contributed by atoms with Gasteiger partial charge in [0.25, 0.3) is 0 Å². The first-order valence-corrected chi connectivity index (χ1v) is 8.33. The number of ether oxygens (including phenoxy) is 2. The van der Waals surface area contributed by atoms with Gasteiger partial charge >= 0.3 is 11.9 Å². The fourth-order valence-electron chi connectivity index (χ4n) is 2.12. The maximum Gasteiger partial charge on any atom is 0.437 e. The average Bonchev–Trinajstić information content (AvgIpc) is 2.69. The number of carbonyl (C=O) groups excluding carboxylic acids is 1. The first kappa shape index (κ1) is 20.5. The molecule has 0 spiro atoms. The number of nitrogens with one attached hydrogen (secondary N) is 2. The van der Waals surface area contributed by atoms with Gasteiger partial charge in [-0.3, -0.25) is 0 Å². The third kappa shape index (κ3) is 8.43. The molecule has 0 amide bonds. The fraction of sp³-hybridized carbons (Fsp3) is 0.263. The minimum absolute atomic E-state index is 0.251. The summed E-state index contributed by atoms with van der Waals surface area (Å²) >= 11 is 0. The highest BCUT2D eigenvalue weighted by Gasteiger charge is 2.15. The number of carboxylic acid groups (broad SMARTS) is 1. The Hall–Kier alpha value is -2.78. The summed E-state index contributed by atoms with van der Waals surface area (Å²) in [6.07, 6.45) is 0. The molecule has 0 heterocycles. The summed E-state index contributed by atoms with van der Waals surface area (Å²) in [5.74, 6) is -3.11. The summed E-state index contributed by atoms with van der Waals surface area (Å²) in [5, 5.41) is 8.49. The van der Waals surface area contributed by atoms with Crippen molar-refractivity contribution in [3.63, 3.8) is 0 Å². The number of rotatable bonds is 11. The molecule has 3 N–H and O–H groups in total. The van der Waals surface area contributed by atoms with Crippen LogP contribution in [0.2, 0.25) is 0 Å². The summed E-state index contributed by atoms with van der Waals surface area (Å²) in [6, 6.07) is 18.9. The number of carbonyl (C=O) groups is 2. The molecule has 0 fully saturated rings. The van der Waals surface area contributed by atoms with Crippen molar-refractivity contribution in [1.82, 2.24) is 11.0 Å². The molecule has 0 saturated heterocycles. The smallest absolute Gasteiger partial charge is 0.437 e. The van der Waals surface area contributed by atoms with Gasteiger partial charge in [0.05, 0.1) is 32.5 Å². The van der Waals surface area contributed by atoms with Crippen LogP contribution in [0.5, 0.6) is 0 Å². The lowest BCUT2D eigenvalue weighted by Gasteiger charge is -2.19. The lowest BCUT2D eigenvalue weighted by molar-refractivity contribution is -0.171. The van der Waals surface area contributed by atoms with E-state index in [9.17, 15) is 9.59 Å². The van der Waals surface area contributed by atoms with Crippen LogP contribution in [-0.4, -0.2) is 36.3 Å². The van der Waals surface area contributed by atoms with E-state index in [0.717, 1.165) is 11.1 Å². The molecule has 8 heteroatoms. The van der Waals surface area contributed by atoms with E-state index in [-0.39, 0.29) is 19.3 Å². The lowest BCUT2D eigenvalue weighted by Crippen LogP contribution is -2.47. The Morgan fingerprint density at radius 2 is 1.33 bits per heavy atom. The predicted molar refractivity (Wildman–Crippen MR) is 96.0 cm³/mol. The zero-order chi connectivity index (χ0) is 19.3. The molecule has 0 aromatic heterocycles. The summed E-state index contributed by atoms with van der Waals surface area (Å²) < 4.78 is 11.3. The molecule has 2 aromatic carbocycles. The van der Waals surface area contributed by atoms with Gasteiger partial charge in [-0.15, -0.1) is 0 Å². The van der Waals surface area contributed by atoms with Gasteiger partial charge in [-0.1, -0.05) is 66.3 Å². The first-order chi connectivity index (χ1) is 13.1. The normalized spacial score (nSPS) is 10.7. The highest BCUT2D eigenvalue weighted by atomic mass is 16.7. The van der Waals surface area contributed by atoms with E-state index in [4.69, 9.17) is 14.6 Å². The van der Waals surface area contributed by atoms with E-state index in [1.807, 2.05) is 60.7 Å². The number of benzene rings is 2. The van der Waals surface area contributed by atoms with Crippen molar-refractivity contribution in [2.45, 2.75) is 19.3 Å². The van der Waals surface area contributed by atoms with E-state index in [1.165, 1.54) is 0 Å². The fourth-order valence-corrected chi connectivity index (χ4v) is 2.12. The zero-order valence-corrected chi connectivity index (χ0v) is 14.7. The van der Waals surface area contributed by atoms with E-state index >= 15 is 0 Å². The van der Waals surface area contributed by atoms with Crippen LogP contribution in [0.15, 0.2) is 60.7 Å². The van der Waals surface area contributed by atoms with Crippen molar-refractivity contribution in [2.75, 3.05) is 13.2 Å². The Balaban J connectivity index is 1.77. The van der Waals surface area contributed by atoms with E-state index in [2.05, 4.69) is 15.9 Å². The molecular weight excluding hydrogens is 352 g/mol. The van der Waals surface area contributed by atoms with Crippen LogP contribution in [0, 0.1) is 0 Å². The molecule has 0 radical (unpaired) electrons. The van der Waals surface area contributed by atoms with Crippen molar-refractivity contribution >= 4 is 11.9 Å². The summed E-state index contributed by atoms with van der Waals surface area (Å²) in [4.78, 5) is 25.7. The Morgan fingerprint density at radius 1 is 0.852 bits per heavy atom. The number of carboxylic acids is 1.